The molecule has 2 saturated heterocycles. The SMILES string of the molecule is COc1ccc(OC)c([C@H]2O[C@@]3(C)OC(=N)[C@@](C#N)([C@H]3C)C2(C#N)C#N)c1. The van der Waals surface area contributed by atoms with Gasteiger partial charge < -0.3 is 18.9 Å². The van der Waals surface area contributed by atoms with E-state index in [2.05, 4.69) is 0 Å². The Balaban J connectivity index is 2.36. The number of nitrogens with zero attached hydrogens (tertiary/aromatic N) is 3. The molecule has 1 N–H and O–H groups in total. The van der Waals surface area contributed by atoms with Gasteiger partial charge in [-0.05, 0) is 18.2 Å². The van der Waals surface area contributed by atoms with Gasteiger partial charge in [-0.2, -0.15) is 15.8 Å². The normalized spacial score (nSPS) is 33.1. The topological polar surface area (TPSA) is 132 Å². The Bertz CT molecular complexity index is 926. The summed E-state index contributed by atoms with van der Waals surface area (Å²) in [5, 5.41) is 38.5. The second kappa shape index (κ2) is 5.87. The fourth-order valence-corrected chi connectivity index (χ4v) is 4.03. The zero-order valence-corrected chi connectivity index (χ0v) is 15.4. The van der Waals surface area contributed by atoms with Crippen LogP contribution in [0.3, 0.4) is 0 Å². The van der Waals surface area contributed by atoms with Crippen molar-refractivity contribution < 1.29 is 18.9 Å². The van der Waals surface area contributed by atoms with Gasteiger partial charge in [0.2, 0.25) is 17.1 Å². The molecule has 8 heteroatoms. The fraction of sp³-hybridized carbons (Fsp3) is 0.474. The number of hydrogen-bond acceptors (Lipinski definition) is 8. The lowest BCUT2D eigenvalue weighted by Crippen LogP contribution is -2.57. The van der Waals surface area contributed by atoms with Crippen LogP contribution in [-0.2, 0) is 9.47 Å². The molecule has 2 fully saturated rings. The van der Waals surface area contributed by atoms with Crippen LogP contribution in [-0.4, -0.2) is 25.9 Å². The summed E-state index contributed by atoms with van der Waals surface area (Å²) in [6, 6.07) is 10.9. The maximum Gasteiger partial charge on any atom is 0.214 e. The van der Waals surface area contributed by atoms with Gasteiger partial charge in [-0.1, -0.05) is 6.92 Å². The van der Waals surface area contributed by atoms with Gasteiger partial charge >= 0.3 is 0 Å². The molecular formula is C19H18N4O4. The Hall–Kier alpha value is -3.28. The molecule has 138 valence electrons. The summed E-state index contributed by atoms with van der Waals surface area (Å²) in [4.78, 5) is 0. The van der Waals surface area contributed by atoms with Crippen LogP contribution in [0.15, 0.2) is 18.2 Å². The first kappa shape index (κ1) is 18.5. The van der Waals surface area contributed by atoms with Crippen LogP contribution in [0.2, 0.25) is 0 Å². The van der Waals surface area contributed by atoms with Gasteiger partial charge in [-0.15, -0.1) is 0 Å². The highest BCUT2D eigenvalue weighted by Gasteiger charge is 2.78. The first-order valence-electron chi connectivity index (χ1n) is 8.21. The lowest BCUT2D eigenvalue weighted by molar-refractivity contribution is -0.269. The van der Waals surface area contributed by atoms with Gasteiger partial charge in [0.25, 0.3) is 0 Å². The van der Waals surface area contributed by atoms with Gasteiger partial charge in [0.15, 0.2) is 5.41 Å². The molecule has 3 rings (SSSR count). The van der Waals surface area contributed by atoms with Crippen molar-refractivity contribution in [3.8, 4) is 29.7 Å². The van der Waals surface area contributed by atoms with Crippen molar-refractivity contribution >= 4 is 5.90 Å². The minimum absolute atomic E-state index is 0.368. The maximum absolute atomic E-state index is 10.1. The zero-order chi connectivity index (χ0) is 20.0. The molecule has 8 nitrogen and oxygen atoms in total. The highest BCUT2D eigenvalue weighted by Crippen LogP contribution is 2.66. The lowest BCUT2D eigenvalue weighted by Gasteiger charge is -2.47. The van der Waals surface area contributed by atoms with Crippen LogP contribution in [0.4, 0.5) is 0 Å². The van der Waals surface area contributed by atoms with Gasteiger partial charge in [-0.3, -0.25) is 5.41 Å². The summed E-state index contributed by atoms with van der Waals surface area (Å²) in [6.45, 7) is 3.25. The first-order valence-corrected chi connectivity index (χ1v) is 8.21. The third-order valence-electron chi connectivity index (χ3n) is 5.71. The molecule has 2 aliphatic rings. The number of rotatable bonds is 3. The van der Waals surface area contributed by atoms with Crippen LogP contribution in [0, 0.1) is 56.2 Å². The van der Waals surface area contributed by atoms with E-state index in [1.165, 1.54) is 14.2 Å². The average Bonchev–Trinajstić information content (AvgIpc) is 2.82. The van der Waals surface area contributed by atoms with Crippen LogP contribution < -0.4 is 9.47 Å². The fourth-order valence-electron chi connectivity index (χ4n) is 4.03. The number of benzene rings is 1. The van der Waals surface area contributed by atoms with E-state index in [-0.39, 0.29) is 0 Å². The Morgan fingerprint density at radius 1 is 1.11 bits per heavy atom. The molecule has 0 amide bonds. The summed E-state index contributed by atoms with van der Waals surface area (Å²) in [5.74, 6) is -1.66. The molecule has 0 unspecified atom stereocenters. The third kappa shape index (κ3) is 2.01. The van der Waals surface area contributed by atoms with E-state index in [1.54, 1.807) is 32.0 Å². The Labute approximate surface area is 156 Å². The molecule has 4 atom stereocenters. The molecule has 1 aromatic rings. The molecular weight excluding hydrogens is 348 g/mol. The van der Waals surface area contributed by atoms with E-state index in [9.17, 15) is 15.8 Å². The minimum Gasteiger partial charge on any atom is -0.497 e. The number of methoxy groups -OCH3 is 2. The molecule has 2 heterocycles. The highest BCUT2D eigenvalue weighted by molar-refractivity contribution is 5.89. The molecule has 0 aromatic heterocycles. The summed E-state index contributed by atoms with van der Waals surface area (Å²) < 4.78 is 22.3. The van der Waals surface area contributed by atoms with E-state index in [4.69, 9.17) is 24.4 Å². The predicted molar refractivity (Wildman–Crippen MR) is 91.5 cm³/mol. The number of nitrogens with one attached hydrogen (secondary N) is 1. The van der Waals surface area contributed by atoms with Crippen LogP contribution in [0.5, 0.6) is 11.5 Å². The predicted octanol–water partition coefficient (Wildman–Crippen LogP) is 2.68. The number of hydrogen-bond donors (Lipinski definition) is 1. The average molecular weight is 366 g/mol. The maximum atomic E-state index is 10.1. The lowest BCUT2D eigenvalue weighted by atomic mass is 9.54. The van der Waals surface area contributed by atoms with Gasteiger partial charge in [0.05, 0.1) is 38.3 Å². The second-order valence-electron chi connectivity index (χ2n) is 6.73. The van der Waals surface area contributed by atoms with Crippen molar-refractivity contribution in [1.82, 2.24) is 0 Å². The van der Waals surface area contributed by atoms with Crippen molar-refractivity contribution in [2.45, 2.75) is 25.7 Å². The van der Waals surface area contributed by atoms with Crippen LogP contribution >= 0.6 is 0 Å². The Morgan fingerprint density at radius 3 is 2.30 bits per heavy atom. The Morgan fingerprint density at radius 2 is 1.78 bits per heavy atom. The van der Waals surface area contributed by atoms with E-state index in [1.807, 2.05) is 18.2 Å². The molecule has 27 heavy (non-hydrogen) atoms. The van der Waals surface area contributed by atoms with E-state index in [0.717, 1.165) is 0 Å². The molecule has 0 spiro atoms. The van der Waals surface area contributed by atoms with Gasteiger partial charge in [0.1, 0.15) is 17.6 Å². The third-order valence-corrected chi connectivity index (χ3v) is 5.71. The molecule has 0 saturated carbocycles. The second-order valence-corrected chi connectivity index (χ2v) is 6.73. The number of nitriles is 3. The molecule has 2 bridgehead atoms. The largest absolute Gasteiger partial charge is 0.497 e. The van der Waals surface area contributed by atoms with Crippen LogP contribution in [0.25, 0.3) is 0 Å². The minimum atomic E-state index is -2.02. The van der Waals surface area contributed by atoms with E-state index >= 15 is 0 Å². The Kier molecular flexibility index (Phi) is 4.03. The van der Waals surface area contributed by atoms with Crippen molar-refractivity contribution in [1.29, 1.82) is 21.2 Å². The summed E-state index contributed by atoms with van der Waals surface area (Å²) in [6.07, 6.45) is -1.19. The number of ether oxygens (including phenoxy) is 4. The van der Waals surface area contributed by atoms with Crippen molar-refractivity contribution in [2.75, 3.05) is 14.2 Å². The van der Waals surface area contributed by atoms with Crippen molar-refractivity contribution in [3.63, 3.8) is 0 Å². The smallest absolute Gasteiger partial charge is 0.214 e. The molecule has 1 aromatic carbocycles. The highest BCUT2D eigenvalue weighted by atomic mass is 16.7. The molecule has 2 aliphatic heterocycles. The van der Waals surface area contributed by atoms with Crippen molar-refractivity contribution in [2.24, 2.45) is 16.7 Å². The van der Waals surface area contributed by atoms with Gasteiger partial charge in [0, 0.05) is 12.5 Å². The van der Waals surface area contributed by atoms with Gasteiger partial charge in [-0.25, -0.2) is 0 Å². The van der Waals surface area contributed by atoms with Crippen LogP contribution in [0.1, 0.15) is 25.5 Å². The standard InChI is InChI=1S/C19H18N4O4/c1-11-17(2)26-15(13-7-12(24-3)5-6-14(13)25-4)18(8-20,9-21)19(11,10-22)16(23)27-17/h5-7,11,15,23H,1-4H3/t11-,15+,17-,19+/m0/s1. The zero-order valence-electron chi connectivity index (χ0n) is 15.4. The monoisotopic (exact) mass is 366 g/mol. The summed E-state index contributed by atoms with van der Waals surface area (Å²) in [5.41, 5.74) is -3.44. The number of fused-ring (bicyclic) bond motifs is 2. The first-order chi connectivity index (χ1) is 12.8. The quantitative estimate of drug-likeness (QED) is 0.869. The molecule has 0 radical (unpaired) electrons. The van der Waals surface area contributed by atoms with E-state index < -0.39 is 34.5 Å². The van der Waals surface area contributed by atoms with Crippen molar-refractivity contribution in [3.05, 3.63) is 23.8 Å². The van der Waals surface area contributed by atoms with E-state index in [0.29, 0.717) is 17.1 Å². The summed E-state index contributed by atoms with van der Waals surface area (Å²) >= 11 is 0. The summed E-state index contributed by atoms with van der Waals surface area (Å²) in [7, 11) is 2.93. The molecule has 0 aliphatic carbocycles.